The lowest BCUT2D eigenvalue weighted by Gasteiger charge is -2.37. The summed E-state index contributed by atoms with van der Waals surface area (Å²) >= 11 is 0. The van der Waals surface area contributed by atoms with Gasteiger partial charge in [0.1, 0.15) is 11.3 Å². The van der Waals surface area contributed by atoms with Crippen LogP contribution in [0.25, 0.3) is 11.0 Å². The van der Waals surface area contributed by atoms with Crippen LogP contribution in [0, 0.1) is 11.3 Å². The zero-order valence-electron chi connectivity index (χ0n) is 12.6. The fraction of sp³-hybridized carbons (Fsp3) is 0.471. The molecule has 110 valence electrons. The van der Waals surface area contributed by atoms with Gasteiger partial charge in [0.15, 0.2) is 5.54 Å². The molecule has 2 aromatic rings. The van der Waals surface area contributed by atoms with Gasteiger partial charge in [-0.2, -0.15) is 5.26 Å². The van der Waals surface area contributed by atoms with E-state index < -0.39 is 5.54 Å². The van der Waals surface area contributed by atoms with Crippen molar-refractivity contribution < 1.29 is 4.42 Å². The Kier molecular flexibility index (Phi) is 3.71. The highest BCUT2D eigenvalue weighted by atomic mass is 16.3. The number of rotatable bonds is 3. The maximum absolute atomic E-state index is 9.86. The van der Waals surface area contributed by atoms with Gasteiger partial charge < -0.3 is 9.73 Å². The second-order valence-electron chi connectivity index (χ2n) is 5.68. The summed E-state index contributed by atoms with van der Waals surface area (Å²) in [7, 11) is 0. The van der Waals surface area contributed by atoms with Crippen LogP contribution in [0.15, 0.2) is 28.7 Å². The summed E-state index contributed by atoms with van der Waals surface area (Å²) in [6, 6.07) is 10.6. The smallest absolute Gasteiger partial charge is 0.165 e. The summed E-state index contributed by atoms with van der Waals surface area (Å²) in [5.41, 5.74) is 1.33. The molecule has 0 aliphatic carbocycles. The Morgan fingerprint density at radius 1 is 1.33 bits per heavy atom. The number of benzene rings is 1. The van der Waals surface area contributed by atoms with Gasteiger partial charge in [-0.15, -0.1) is 0 Å². The van der Waals surface area contributed by atoms with Crippen LogP contribution in [0.4, 0.5) is 0 Å². The Balaban J connectivity index is 2.14. The number of nitrogens with one attached hydrogen (secondary N) is 1. The van der Waals surface area contributed by atoms with Crippen LogP contribution >= 0.6 is 0 Å². The molecule has 1 aliphatic rings. The quantitative estimate of drug-likeness (QED) is 0.941. The molecule has 0 radical (unpaired) electrons. The largest absolute Gasteiger partial charge is 0.458 e. The third-order valence-corrected chi connectivity index (χ3v) is 4.46. The molecule has 3 rings (SSSR count). The Hall–Kier alpha value is -1.83. The number of piperazine rings is 1. The highest BCUT2D eigenvalue weighted by molar-refractivity contribution is 5.82. The number of fused-ring (bicyclic) bond motifs is 1. The lowest BCUT2D eigenvalue weighted by Crippen LogP contribution is -2.52. The van der Waals surface area contributed by atoms with Crippen molar-refractivity contribution >= 4 is 11.0 Å². The molecule has 1 aromatic carbocycles. The van der Waals surface area contributed by atoms with E-state index in [1.807, 2.05) is 25.1 Å². The first-order valence-corrected chi connectivity index (χ1v) is 7.58. The monoisotopic (exact) mass is 283 g/mol. The van der Waals surface area contributed by atoms with Gasteiger partial charge in [0.05, 0.1) is 6.07 Å². The third-order valence-electron chi connectivity index (χ3n) is 4.46. The maximum atomic E-state index is 9.86. The van der Waals surface area contributed by atoms with Crippen molar-refractivity contribution in [2.45, 2.75) is 25.8 Å². The molecule has 2 heterocycles. The van der Waals surface area contributed by atoms with Crippen molar-refractivity contribution in [2.75, 3.05) is 26.2 Å². The molecule has 1 saturated heterocycles. The molecule has 1 N–H and O–H groups in total. The van der Waals surface area contributed by atoms with Gasteiger partial charge in [-0.05, 0) is 19.4 Å². The summed E-state index contributed by atoms with van der Waals surface area (Å²) < 4.78 is 6.11. The van der Waals surface area contributed by atoms with Crippen LogP contribution in [-0.4, -0.2) is 31.1 Å². The Morgan fingerprint density at radius 3 is 2.71 bits per heavy atom. The van der Waals surface area contributed by atoms with Gasteiger partial charge in [-0.1, -0.05) is 25.1 Å². The van der Waals surface area contributed by atoms with Crippen molar-refractivity contribution in [3.63, 3.8) is 0 Å². The zero-order valence-corrected chi connectivity index (χ0v) is 12.6. The number of furan rings is 1. The molecular formula is C17H21N3O. The van der Waals surface area contributed by atoms with E-state index in [-0.39, 0.29) is 0 Å². The van der Waals surface area contributed by atoms with E-state index in [1.165, 1.54) is 0 Å². The summed E-state index contributed by atoms with van der Waals surface area (Å²) in [6.07, 6.45) is 0.871. The number of aryl methyl sites for hydroxylation is 1. The minimum absolute atomic E-state index is 0.702. The van der Waals surface area contributed by atoms with Crippen molar-refractivity contribution in [1.29, 1.82) is 5.26 Å². The van der Waals surface area contributed by atoms with Gasteiger partial charge in [-0.3, -0.25) is 4.90 Å². The maximum Gasteiger partial charge on any atom is 0.165 e. The fourth-order valence-electron chi connectivity index (χ4n) is 3.22. The molecular weight excluding hydrogens is 262 g/mol. The van der Waals surface area contributed by atoms with Gasteiger partial charge in [-0.25, -0.2) is 0 Å². The molecule has 1 fully saturated rings. The molecule has 4 nitrogen and oxygen atoms in total. The molecule has 1 atom stereocenters. The number of hydrogen-bond donors (Lipinski definition) is 1. The summed E-state index contributed by atoms with van der Waals surface area (Å²) in [5.74, 6) is 0.815. The second-order valence-corrected chi connectivity index (χ2v) is 5.68. The topological polar surface area (TPSA) is 52.2 Å². The number of hydrogen-bond acceptors (Lipinski definition) is 4. The van der Waals surface area contributed by atoms with Gasteiger partial charge in [0.25, 0.3) is 0 Å². The minimum Gasteiger partial charge on any atom is -0.458 e. The first kappa shape index (κ1) is 14.1. The number of para-hydroxylation sites is 1. The third kappa shape index (κ3) is 2.23. The van der Waals surface area contributed by atoms with Crippen molar-refractivity contribution in [2.24, 2.45) is 0 Å². The van der Waals surface area contributed by atoms with Crippen molar-refractivity contribution in [3.05, 3.63) is 35.6 Å². The number of nitriles is 1. The van der Waals surface area contributed by atoms with Crippen LogP contribution in [0.2, 0.25) is 0 Å². The Bertz CT molecular complexity index is 679. The molecule has 21 heavy (non-hydrogen) atoms. The average molecular weight is 283 g/mol. The van der Waals surface area contributed by atoms with Crippen molar-refractivity contribution in [3.8, 4) is 6.07 Å². The molecule has 0 saturated carbocycles. The Morgan fingerprint density at radius 2 is 2.05 bits per heavy atom. The summed E-state index contributed by atoms with van der Waals surface area (Å²) in [4.78, 5) is 2.22. The zero-order chi connectivity index (χ0) is 14.9. The van der Waals surface area contributed by atoms with E-state index in [1.54, 1.807) is 0 Å². The van der Waals surface area contributed by atoms with E-state index >= 15 is 0 Å². The minimum atomic E-state index is -0.702. The molecule has 0 amide bonds. The normalized spacial score (nSPS) is 19.3. The lowest BCUT2D eigenvalue weighted by atomic mass is 9.92. The lowest BCUT2D eigenvalue weighted by molar-refractivity contribution is 0.113. The molecule has 0 bridgehead atoms. The molecule has 0 spiro atoms. The molecule has 4 heteroatoms. The van der Waals surface area contributed by atoms with E-state index in [0.29, 0.717) is 0 Å². The highest BCUT2D eigenvalue weighted by Gasteiger charge is 2.40. The highest BCUT2D eigenvalue weighted by Crippen LogP contribution is 2.37. The van der Waals surface area contributed by atoms with Gasteiger partial charge in [0.2, 0.25) is 0 Å². The second kappa shape index (κ2) is 5.51. The van der Waals surface area contributed by atoms with E-state index in [2.05, 4.69) is 29.3 Å². The molecule has 1 aromatic heterocycles. The van der Waals surface area contributed by atoms with Crippen LogP contribution in [0.1, 0.15) is 25.2 Å². The van der Waals surface area contributed by atoms with E-state index in [9.17, 15) is 5.26 Å². The van der Waals surface area contributed by atoms with Crippen LogP contribution in [0.5, 0.6) is 0 Å². The van der Waals surface area contributed by atoms with E-state index in [4.69, 9.17) is 4.42 Å². The molecule has 1 aliphatic heterocycles. The standard InChI is InChI=1S/C17H21N3O/c1-3-13-14-6-4-5-7-15(14)21-16(13)17(2,12-18)20-10-8-19-9-11-20/h4-7,19H,3,8-11H2,1-2H3. The van der Waals surface area contributed by atoms with Crippen molar-refractivity contribution in [1.82, 2.24) is 10.2 Å². The van der Waals surface area contributed by atoms with Crippen LogP contribution in [0.3, 0.4) is 0 Å². The predicted octanol–water partition coefficient (Wildman–Crippen LogP) is 2.64. The summed E-state index contributed by atoms with van der Waals surface area (Å²) in [5, 5.41) is 14.3. The average Bonchev–Trinajstić information content (AvgIpc) is 2.94. The predicted molar refractivity (Wildman–Crippen MR) is 83.0 cm³/mol. The van der Waals surface area contributed by atoms with Crippen LogP contribution < -0.4 is 5.32 Å². The summed E-state index contributed by atoms with van der Waals surface area (Å²) in [6.45, 7) is 7.66. The molecule has 1 unspecified atom stereocenters. The van der Waals surface area contributed by atoms with Gasteiger partial charge >= 0.3 is 0 Å². The number of nitrogens with zero attached hydrogens (tertiary/aromatic N) is 2. The Labute approximate surface area is 125 Å². The van der Waals surface area contributed by atoms with E-state index in [0.717, 1.165) is 54.9 Å². The van der Waals surface area contributed by atoms with Crippen LogP contribution in [-0.2, 0) is 12.0 Å². The first-order valence-electron chi connectivity index (χ1n) is 7.58. The fourth-order valence-corrected chi connectivity index (χ4v) is 3.22. The SMILES string of the molecule is CCc1c(C(C)(C#N)N2CCNCC2)oc2ccccc12. The van der Waals surface area contributed by atoms with Gasteiger partial charge in [0, 0.05) is 37.1 Å². The first-order chi connectivity index (χ1) is 10.2.